The number of aromatic nitrogens is 4. The number of quaternary nitrogens is 1. The maximum Gasteiger partial charge on any atom is 0.214 e. The zero-order valence-corrected chi connectivity index (χ0v) is 12.2. The summed E-state index contributed by atoms with van der Waals surface area (Å²) in [5.74, 6) is 1.03. The molecule has 0 aliphatic heterocycles. The Bertz CT molecular complexity index is 481. The van der Waals surface area contributed by atoms with Gasteiger partial charge in [-0.05, 0) is 36.4 Å². The normalized spacial score (nSPS) is 11.1. The number of para-hydroxylation sites is 1. The summed E-state index contributed by atoms with van der Waals surface area (Å²) in [7, 11) is 0. The lowest BCUT2D eigenvalue weighted by molar-refractivity contribution is -0.893. The third-order valence-corrected chi connectivity index (χ3v) is 4.05. The standard InChI is InChI=1S/C13H19N5S/c1-3-17(4-2)10-11-19-13-14-15-16-18(13)12-8-6-5-7-9-12/h5-9H,3-4,10-11H2,1-2H3/p+1. The number of thioether (sulfide) groups is 1. The van der Waals surface area contributed by atoms with Crippen LogP contribution in [0.1, 0.15) is 13.8 Å². The molecule has 19 heavy (non-hydrogen) atoms. The lowest BCUT2D eigenvalue weighted by atomic mass is 10.3. The summed E-state index contributed by atoms with van der Waals surface area (Å²) in [5.41, 5.74) is 1.00. The molecule has 5 nitrogen and oxygen atoms in total. The molecule has 6 heteroatoms. The van der Waals surface area contributed by atoms with Gasteiger partial charge in [0.05, 0.1) is 31.1 Å². The van der Waals surface area contributed by atoms with Gasteiger partial charge in [0.2, 0.25) is 5.16 Å². The van der Waals surface area contributed by atoms with Crippen molar-refractivity contribution in [2.24, 2.45) is 0 Å². The molecule has 0 amide bonds. The highest BCUT2D eigenvalue weighted by molar-refractivity contribution is 7.99. The number of hydrogen-bond acceptors (Lipinski definition) is 4. The summed E-state index contributed by atoms with van der Waals surface area (Å²) < 4.78 is 1.79. The fraction of sp³-hybridized carbons (Fsp3) is 0.462. The summed E-state index contributed by atoms with van der Waals surface area (Å²) in [4.78, 5) is 1.60. The van der Waals surface area contributed by atoms with E-state index in [1.165, 1.54) is 13.1 Å². The smallest absolute Gasteiger partial charge is 0.214 e. The first kappa shape index (κ1) is 14.0. The Labute approximate surface area is 118 Å². The van der Waals surface area contributed by atoms with Crippen molar-refractivity contribution in [2.45, 2.75) is 19.0 Å². The van der Waals surface area contributed by atoms with Crippen LogP contribution >= 0.6 is 11.8 Å². The van der Waals surface area contributed by atoms with Gasteiger partial charge in [-0.1, -0.05) is 30.0 Å². The van der Waals surface area contributed by atoms with Gasteiger partial charge in [-0.2, -0.15) is 4.68 Å². The van der Waals surface area contributed by atoms with Crippen LogP contribution in [-0.4, -0.2) is 45.6 Å². The molecule has 0 bridgehead atoms. The number of tetrazole rings is 1. The van der Waals surface area contributed by atoms with E-state index in [0.29, 0.717) is 0 Å². The molecule has 0 spiro atoms. The van der Waals surface area contributed by atoms with E-state index < -0.39 is 0 Å². The van der Waals surface area contributed by atoms with Crippen LogP contribution in [0.2, 0.25) is 0 Å². The molecule has 0 unspecified atom stereocenters. The van der Waals surface area contributed by atoms with Crippen molar-refractivity contribution in [3.8, 4) is 5.69 Å². The third-order valence-electron chi connectivity index (χ3n) is 3.13. The van der Waals surface area contributed by atoms with Gasteiger partial charge in [0.1, 0.15) is 0 Å². The Morgan fingerprint density at radius 2 is 1.89 bits per heavy atom. The molecule has 2 rings (SSSR count). The Morgan fingerprint density at radius 3 is 2.58 bits per heavy atom. The van der Waals surface area contributed by atoms with Crippen LogP contribution in [-0.2, 0) is 0 Å². The molecule has 1 aromatic heterocycles. The second-order valence-corrected chi connectivity index (χ2v) is 5.33. The van der Waals surface area contributed by atoms with Crippen LogP contribution in [0.5, 0.6) is 0 Å². The maximum absolute atomic E-state index is 4.10. The Morgan fingerprint density at radius 1 is 1.16 bits per heavy atom. The van der Waals surface area contributed by atoms with Crippen LogP contribution in [0.15, 0.2) is 35.5 Å². The monoisotopic (exact) mass is 278 g/mol. The minimum absolute atomic E-state index is 0.859. The van der Waals surface area contributed by atoms with Crippen molar-refractivity contribution in [3.63, 3.8) is 0 Å². The first-order chi connectivity index (χ1) is 9.35. The van der Waals surface area contributed by atoms with E-state index in [9.17, 15) is 0 Å². The molecular weight excluding hydrogens is 258 g/mol. The summed E-state index contributed by atoms with van der Waals surface area (Å²) >= 11 is 1.71. The molecule has 0 fully saturated rings. The molecule has 0 saturated heterocycles. The molecule has 0 saturated carbocycles. The fourth-order valence-electron chi connectivity index (χ4n) is 1.89. The highest BCUT2D eigenvalue weighted by Crippen LogP contribution is 2.16. The number of hydrogen-bond donors (Lipinski definition) is 1. The van der Waals surface area contributed by atoms with Crippen molar-refractivity contribution in [1.29, 1.82) is 0 Å². The summed E-state index contributed by atoms with van der Waals surface area (Å²) in [6.45, 7) is 7.91. The molecule has 0 aliphatic rings. The molecular formula is C13H20N5S+. The van der Waals surface area contributed by atoms with E-state index in [1.807, 2.05) is 30.3 Å². The van der Waals surface area contributed by atoms with E-state index in [0.717, 1.165) is 23.1 Å². The van der Waals surface area contributed by atoms with Gasteiger partial charge >= 0.3 is 0 Å². The van der Waals surface area contributed by atoms with E-state index in [4.69, 9.17) is 0 Å². The molecule has 1 N–H and O–H groups in total. The average molecular weight is 278 g/mol. The van der Waals surface area contributed by atoms with Crippen LogP contribution in [0.4, 0.5) is 0 Å². The maximum atomic E-state index is 4.10. The first-order valence-electron chi connectivity index (χ1n) is 6.65. The second kappa shape index (κ2) is 7.25. The minimum atomic E-state index is 0.859. The van der Waals surface area contributed by atoms with Gasteiger partial charge in [-0.3, -0.25) is 0 Å². The van der Waals surface area contributed by atoms with E-state index in [2.05, 4.69) is 29.4 Å². The average Bonchev–Trinajstić information content (AvgIpc) is 2.93. The van der Waals surface area contributed by atoms with E-state index in [1.54, 1.807) is 21.3 Å². The highest BCUT2D eigenvalue weighted by Gasteiger charge is 2.10. The van der Waals surface area contributed by atoms with Crippen molar-refractivity contribution in [3.05, 3.63) is 30.3 Å². The van der Waals surface area contributed by atoms with Gasteiger partial charge in [0, 0.05) is 0 Å². The van der Waals surface area contributed by atoms with Gasteiger partial charge in [0.25, 0.3) is 0 Å². The molecule has 1 heterocycles. The summed E-state index contributed by atoms with van der Waals surface area (Å²) in [6.07, 6.45) is 0. The van der Waals surface area contributed by atoms with E-state index >= 15 is 0 Å². The Hall–Kier alpha value is -1.40. The molecule has 0 atom stereocenters. The van der Waals surface area contributed by atoms with E-state index in [-0.39, 0.29) is 0 Å². The topological polar surface area (TPSA) is 48.0 Å². The molecule has 0 radical (unpaired) electrons. The van der Waals surface area contributed by atoms with Crippen LogP contribution in [0.3, 0.4) is 0 Å². The van der Waals surface area contributed by atoms with Gasteiger partial charge in [0.15, 0.2) is 0 Å². The zero-order chi connectivity index (χ0) is 13.5. The van der Waals surface area contributed by atoms with Crippen molar-refractivity contribution < 1.29 is 4.90 Å². The lowest BCUT2D eigenvalue weighted by Crippen LogP contribution is -3.11. The van der Waals surface area contributed by atoms with Crippen LogP contribution in [0.25, 0.3) is 5.69 Å². The van der Waals surface area contributed by atoms with Crippen molar-refractivity contribution in [2.75, 3.05) is 25.4 Å². The van der Waals surface area contributed by atoms with Gasteiger partial charge < -0.3 is 4.90 Å². The first-order valence-corrected chi connectivity index (χ1v) is 7.63. The zero-order valence-electron chi connectivity index (χ0n) is 11.4. The predicted octanol–water partition coefficient (Wildman–Crippen LogP) is 0.679. The number of nitrogens with zero attached hydrogens (tertiary/aromatic N) is 4. The fourth-order valence-corrected chi connectivity index (χ4v) is 2.82. The highest BCUT2D eigenvalue weighted by atomic mass is 32.2. The summed E-state index contributed by atoms with van der Waals surface area (Å²) in [5, 5.41) is 12.8. The number of nitrogens with one attached hydrogen (secondary N) is 1. The van der Waals surface area contributed by atoms with Gasteiger partial charge in [-0.15, -0.1) is 5.10 Å². The second-order valence-electron chi connectivity index (χ2n) is 4.26. The summed E-state index contributed by atoms with van der Waals surface area (Å²) in [6, 6.07) is 9.99. The minimum Gasteiger partial charge on any atom is -0.335 e. The largest absolute Gasteiger partial charge is 0.335 e. The predicted molar refractivity (Wildman–Crippen MR) is 76.8 cm³/mol. The molecule has 102 valence electrons. The van der Waals surface area contributed by atoms with Crippen molar-refractivity contribution in [1.82, 2.24) is 20.2 Å². The Balaban J connectivity index is 1.97. The number of benzene rings is 1. The van der Waals surface area contributed by atoms with Crippen LogP contribution in [0, 0.1) is 0 Å². The lowest BCUT2D eigenvalue weighted by Gasteiger charge is -2.14. The van der Waals surface area contributed by atoms with Crippen molar-refractivity contribution >= 4 is 11.8 Å². The SMILES string of the molecule is CC[NH+](CC)CCSc1nnnn1-c1ccccc1. The van der Waals surface area contributed by atoms with Gasteiger partial charge in [-0.25, -0.2) is 0 Å². The Kier molecular flexibility index (Phi) is 5.35. The molecule has 1 aromatic carbocycles. The molecule has 2 aromatic rings. The third kappa shape index (κ3) is 3.78. The molecule has 0 aliphatic carbocycles. The van der Waals surface area contributed by atoms with Crippen LogP contribution < -0.4 is 4.90 Å². The quantitative estimate of drug-likeness (QED) is 0.757. The number of rotatable bonds is 7.